The summed E-state index contributed by atoms with van der Waals surface area (Å²) in [5.74, 6) is 0.819. The zero-order chi connectivity index (χ0) is 19.4. The Hall–Kier alpha value is -1.95. The van der Waals surface area contributed by atoms with Crippen molar-refractivity contribution >= 4 is 0 Å². The number of H-pyrrole nitrogens is 2. The fourth-order valence-corrected chi connectivity index (χ4v) is 4.66. The zero-order valence-corrected chi connectivity index (χ0v) is 17.2. The van der Waals surface area contributed by atoms with E-state index in [0.717, 1.165) is 68.1 Å². The molecule has 0 saturated carbocycles. The van der Waals surface area contributed by atoms with Gasteiger partial charge in [0.05, 0.1) is 11.4 Å². The summed E-state index contributed by atoms with van der Waals surface area (Å²) >= 11 is 0. The summed E-state index contributed by atoms with van der Waals surface area (Å²) < 4.78 is 0. The minimum Gasteiger partial charge on any atom is -0.310 e. The molecule has 0 radical (unpaired) electrons. The van der Waals surface area contributed by atoms with Crippen molar-refractivity contribution < 1.29 is 0 Å². The van der Waals surface area contributed by atoms with Crippen LogP contribution in [0.5, 0.6) is 0 Å². The summed E-state index contributed by atoms with van der Waals surface area (Å²) in [4.78, 5) is 23.2. The van der Waals surface area contributed by atoms with Crippen molar-refractivity contribution in [2.45, 2.75) is 77.7 Å². The van der Waals surface area contributed by atoms with E-state index in [1.54, 1.807) is 0 Å². The van der Waals surface area contributed by atoms with Gasteiger partial charge in [-0.15, -0.1) is 0 Å². The first kappa shape index (κ1) is 18.4. The average molecular weight is 370 g/mol. The van der Waals surface area contributed by atoms with Gasteiger partial charge in [0.2, 0.25) is 0 Å². The number of likely N-dealkylation sites (tertiary alicyclic amines) is 1. The summed E-state index contributed by atoms with van der Waals surface area (Å²) in [5, 5.41) is 7.41. The van der Waals surface area contributed by atoms with Crippen LogP contribution in [0.3, 0.4) is 0 Å². The van der Waals surface area contributed by atoms with Crippen molar-refractivity contribution in [3.63, 3.8) is 0 Å². The highest BCUT2D eigenvalue weighted by Gasteiger charge is 2.44. The van der Waals surface area contributed by atoms with Gasteiger partial charge in [0.15, 0.2) is 0 Å². The van der Waals surface area contributed by atoms with Gasteiger partial charge in [0.25, 0.3) is 5.56 Å². The number of hydrogen-bond acceptors (Lipinski definition) is 4. The van der Waals surface area contributed by atoms with E-state index in [2.05, 4.69) is 54.7 Å². The van der Waals surface area contributed by atoms with Crippen molar-refractivity contribution in [1.82, 2.24) is 25.1 Å². The average Bonchev–Trinajstić information content (AvgIpc) is 3.12. The van der Waals surface area contributed by atoms with Crippen molar-refractivity contribution in [2.75, 3.05) is 13.1 Å². The maximum atomic E-state index is 12.6. The molecule has 0 atom stereocenters. The molecule has 1 spiro atoms. The van der Waals surface area contributed by atoms with Gasteiger partial charge in [0, 0.05) is 34.2 Å². The molecule has 0 aromatic carbocycles. The van der Waals surface area contributed by atoms with Crippen LogP contribution in [-0.4, -0.2) is 38.2 Å². The van der Waals surface area contributed by atoms with Gasteiger partial charge in [-0.25, -0.2) is 4.98 Å². The number of aromatic amines is 2. The van der Waals surface area contributed by atoms with Crippen LogP contribution in [0.25, 0.3) is 0 Å². The van der Waals surface area contributed by atoms with Gasteiger partial charge in [-0.3, -0.25) is 14.8 Å². The third-order valence-corrected chi connectivity index (χ3v) is 6.56. The lowest BCUT2D eigenvalue weighted by Gasteiger charge is -2.39. The van der Waals surface area contributed by atoms with Gasteiger partial charge < -0.3 is 4.98 Å². The van der Waals surface area contributed by atoms with Crippen LogP contribution in [0, 0.1) is 13.8 Å². The van der Waals surface area contributed by atoms with Crippen molar-refractivity contribution in [3.8, 4) is 0 Å². The second-order valence-electron chi connectivity index (χ2n) is 9.46. The molecule has 27 heavy (non-hydrogen) atoms. The van der Waals surface area contributed by atoms with E-state index < -0.39 is 0 Å². The number of nitrogens with zero attached hydrogens (tertiary/aromatic N) is 3. The predicted molar refractivity (Wildman–Crippen MR) is 106 cm³/mol. The topological polar surface area (TPSA) is 77.7 Å². The summed E-state index contributed by atoms with van der Waals surface area (Å²) in [5.41, 5.74) is 5.63. The summed E-state index contributed by atoms with van der Waals surface area (Å²) in [7, 11) is 0. The van der Waals surface area contributed by atoms with Crippen molar-refractivity contribution in [3.05, 3.63) is 44.4 Å². The van der Waals surface area contributed by atoms with Crippen LogP contribution in [0.15, 0.2) is 4.79 Å². The second-order valence-corrected chi connectivity index (χ2v) is 9.46. The quantitative estimate of drug-likeness (QED) is 0.853. The molecule has 2 aliphatic rings. The Bertz CT molecular complexity index is 890. The van der Waals surface area contributed by atoms with Crippen LogP contribution in [0.4, 0.5) is 0 Å². The summed E-state index contributed by atoms with van der Waals surface area (Å²) in [6.07, 6.45) is 4.08. The molecule has 6 nitrogen and oxygen atoms in total. The van der Waals surface area contributed by atoms with E-state index in [-0.39, 0.29) is 16.4 Å². The molecule has 1 saturated heterocycles. The predicted octanol–water partition coefficient (Wildman–Crippen LogP) is 2.89. The molecule has 146 valence electrons. The van der Waals surface area contributed by atoms with Crippen LogP contribution >= 0.6 is 0 Å². The molecule has 1 aliphatic heterocycles. The number of hydrogen-bond donors (Lipinski definition) is 2. The molecule has 2 N–H and O–H groups in total. The highest BCUT2D eigenvalue weighted by molar-refractivity contribution is 5.34. The molecule has 0 bridgehead atoms. The minimum atomic E-state index is -0.144. The van der Waals surface area contributed by atoms with E-state index in [1.165, 1.54) is 11.3 Å². The monoisotopic (exact) mass is 369 g/mol. The van der Waals surface area contributed by atoms with Crippen LogP contribution in [0.1, 0.15) is 74.1 Å². The lowest BCUT2D eigenvalue weighted by atomic mass is 9.76. The van der Waals surface area contributed by atoms with E-state index in [0.29, 0.717) is 0 Å². The Labute approximate surface area is 160 Å². The number of aromatic nitrogens is 4. The van der Waals surface area contributed by atoms with Gasteiger partial charge >= 0.3 is 0 Å². The highest BCUT2D eigenvalue weighted by atomic mass is 16.1. The van der Waals surface area contributed by atoms with Gasteiger partial charge in [-0.05, 0) is 52.6 Å². The molecule has 3 heterocycles. The molecular formula is C21H31N5O. The number of fused-ring (bicyclic) bond motifs is 2. The molecule has 0 unspecified atom stereocenters. The fraction of sp³-hybridized carbons (Fsp3) is 0.667. The summed E-state index contributed by atoms with van der Waals surface area (Å²) in [6.45, 7) is 13.5. The second kappa shape index (κ2) is 6.30. The van der Waals surface area contributed by atoms with Gasteiger partial charge in [-0.1, -0.05) is 20.8 Å². The Balaban J connectivity index is 1.57. The smallest absolute Gasteiger partial charge is 0.254 e. The maximum absolute atomic E-state index is 12.6. The third-order valence-electron chi connectivity index (χ3n) is 6.56. The molecule has 6 heteroatoms. The minimum absolute atomic E-state index is 0.0777. The number of nitrogens with one attached hydrogen (secondary N) is 2. The zero-order valence-electron chi connectivity index (χ0n) is 17.2. The first-order chi connectivity index (χ1) is 12.7. The van der Waals surface area contributed by atoms with Crippen LogP contribution in [0.2, 0.25) is 0 Å². The molecule has 1 fully saturated rings. The van der Waals surface area contributed by atoms with E-state index in [1.807, 2.05) is 0 Å². The van der Waals surface area contributed by atoms with Crippen molar-refractivity contribution in [1.29, 1.82) is 0 Å². The molecule has 4 rings (SSSR count). The third kappa shape index (κ3) is 3.14. The van der Waals surface area contributed by atoms with Gasteiger partial charge in [-0.2, -0.15) is 5.10 Å². The largest absolute Gasteiger partial charge is 0.310 e. The maximum Gasteiger partial charge on any atom is 0.254 e. The lowest BCUT2D eigenvalue weighted by Crippen LogP contribution is -2.42. The Morgan fingerprint density at radius 3 is 2.44 bits per heavy atom. The SMILES string of the molecule is Cc1n[nH]c(C)c1CN1CCC2(CCc3c2nc(C(C)(C)C)[nH]c3=O)CC1. The Morgan fingerprint density at radius 2 is 1.85 bits per heavy atom. The lowest BCUT2D eigenvalue weighted by molar-refractivity contribution is 0.149. The number of rotatable bonds is 2. The first-order valence-electron chi connectivity index (χ1n) is 10.1. The molecule has 0 amide bonds. The van der Waals surface area contributed by atoms with Crippen molar-refractivity contribution in [2.24, 2.45) is 0 Å². The number of piperidine rings is 1. The van der Waals surface area contributed by atoms with E-state index >= 15 is 0 Å². The van der Waals surface area contributed by atoms with Crippen LogP contribution < -0.4 is 5.56 Å². The molecule has 1 aliphatic carbocycles. The molecular weight excluding hydrogens is 338 g/mol. The van der Waals surface area contributed by atoms with E-state index in [4.69, 9.17) is 4.98 Å². The highest BCUT2D eigenvalue weighted by Crippen LogP contribution is 2.44. The van der Waals surface area contributed by atoms with E-state index in [9.17, 15) is 4.79 Å². The first-order valence-corrected chi connectivity index (χ1v) is 10.1. The van der Waals surface area contributed by atoms with Crippen LogP contribution in [-0.2, 0) is 23.8 Å². The Kier molecular flexibility index (Phi) is 4.29. The standard InChI is InChI=1S/C21H31N5O/c1-13-16(14(2)25-24-13)12-26-10-8-21(9-11-26)7-6-15-17(21)22-19(20(3,4)5)23-18(15)27/h6-12H2,1-5H3,(H,24,25)(H,22,23,27). The molecule has 2 aromatic rings. The summed E-state index contributed by atoms with van der Waals surface area (Å²) in [6, 6.07) is 0. The number of aryl methyl sites for hydroxylation is 2. The van der Waals surface area contributed by atoms with Gasteiger partial charge in [0.1, 0.15) is 5.82 Å². The molecule has 2 aromatic heterocycles. The Morgan fingerprint density at radius 1 is 1.15 bits per heavy atom. The fourth-order valence-electron chi connectivity index (χ4n) is 4.66. The normalized spacial score (nSPS) is 19.6.